The average Bonchev–Trinajstić information content (AvgIpc) is 2.36. The lowest BCUT2D eigenvalue weighted by Gasteiger charge is -2.12. The van der Waals surface area contributed by atoms with Crippen LogP contribution in [0, 0.1) is 0 Å². The summed E-state index contributed by atoms with van der Waals surface area (Å²) < 4.78 is 0. The molecule has 4 heteroatoms. The second-order valence-electron chi connectivity index (χ2n) is 4.19. The molecule has 90 valence electrons. The van der Waals surface area contributed by atoms with Crippen molar-refractivity contribution in [2.75, 3.05) is 13.6 Å². The van der Waals surface area contributed by atoms with E-state index >= 15 is 0 Å². The summed E-state index contributed by atoms with van der Waals surface area (Å²) >= 11 is 0. The minimum atomic E-state index is 0.424. The first-order valence-corrected chi connectivity index (χ1v) is 5.88. The van der Waals surface area contributed by atoms with E-state index in [0.29, 0.717) is 6.04 Å². The minimum Gasteiger partial charge on any atom is -0.318 e. The van der Waals surface area contributed by atoms with Gasteiger partial charge in [-0.05, 0) is 26.1 Å². The second kappa shape index (κ2) is 5.70. The molecule has 0 saturated heterocycles. The van der Waals surface area contributed by atoms with Crippen LogP contribution in [0.2, 0.25) is 0 Å². The van der Waals surface area contributed by atoms with E-state index in [9.17, 15) is 0 Å². The molecule has 0 fully saturated rings. The maximum Gasteiger partial charge on any atom is 0.0890 e. The standard InChI is InChI=1S/C13H18N4/c1-10(7-14-2)15-8-11-9-16-12-5-3-4-6-13(12)17-11/h3-6,9-10,14-15H,7-8H2,1-2H3. The van der Waals surface area contributed by atoms with E-state index in [1.807, 2.05) is 37.5 Å². The van der Waals surface area contributed by atoms with Crippen LogP contribution in [-0.2, 0) is 6.54 Å². The molecule has 0 aliphatic carbocycles. The predicted molar refractivity (Wildman–Crippen MR) is 69.8 cm³/mol. The number of para-hydroxylation sites is 2. The molecular formula is C13H18N4. The summed E-state index contributed by atoms with van der Waals surface area (Å²) in [4.78, 5) is 8.95. The van der Waals surface area contributed by atoms with Crippen molar-refractivity contribution < 1.29 is 0 Å². The summed E-state index contributed by atoms with van der Waals surface area (Å²) in [7, 11) is 1.95. The van der Waals surface area contributed by atoms with Gasteiger partial charge in [-0.25, -0.2) is 4.98 Å². The molecule has 1 aromatic heterocycles. The number of benzene rings is 1. The Morgan fingerprint density at radius 3 is 2.76 bits per heavy atom. The molecule has 0 spiro atoms. The van der Waals surface area contributed by atoms with Crippen molar-refractivity contribution in [3.63, 3.8) is 0 Å². The van der Waals surface area contributed by atoms with Crippen LogP contribution in [0.15, 0.2) is 30.5 Å². The maximum absolute atomic E-state index is 4.56. The first-order valence-electron chi connectivity index (χ1n) is 5.88. The van der Waals surface area contributed by atoms with Crippen LogP contribution >= 0.6 is 0 Å². The summed E-state index contributed by atoms with van der Waals surface area (Å²) in [5.74, 6) is 0. The Kier molecular flexibility index (Phi) is 4.01. The Balaban J connectivity index is 2.04. The lowest BCUT2D eigenvalue weighted by Crippen LogP contribution is -2.34. The normalized spacial score (nSPS) is 12.8. The molecule has 1 atom stereocenters. The summed E-state index contributed by atoms with van der Waals surface area (Å²) in [6, 6.07) is 8.35. The van der Waals surface area contributed by atoms with E-state index in [2.05, 4.69) is 27.5 Å². The maximum atomic E-state index is 4.56. The number of aromatic nitrogens is 2. The van der Waals surface area contributed by atoms with Crippen molar-refractivity contribution in [3.05, 3.63) is 36.2 Å². The summed E-state index contributed by atoms with van der Waals surface area (Å²) in [6.45, 7) is 3.84. The third-order valence-electron chi connectivity index (χ3n) is 2.64. The van der Waals surface area contributed by atoms with E-state index in [-0.39, 0.29) is 0 Å². The summed E-state index contributed by atoms with van der Waals surface area (Å²) in [5.41, 5.74) is 2.87. The largest absolute Gasteiger partial charge is 0.318 e. The van der Waals surface area contributed by atoms with Crippen LogP contribution in [0.5, 0.6) is 0 Å². The quantitative estimate of drug-likeness (QED) is 0.813. The molecule has 0 aliphatic rings. The van der Waals surface area contributed by atoms with Crippen molar-refractivity contribution in [1.29, 1.82) is 0 Å². The molecule has 2 aromatic rings. The van der Waals surface area contributed by atoms with Crippen molar-refractivity contribution in [2.45, 2.75) is 19.5 Å². The zero-order valence-electron chi connectivity index (χ0n) is 10.3. The van der Waals surface area contributed by atoms with Crippen molar-refractivity contribution in [2.24, 2.45) is 0 Å². The molecule has 0 amide bonds. The summed E-state index contributed by atoms with van der Waals surface area (Å²) in [6.07, 6.45) is 1.83. The fraction of sp³-hybridized carbons (Fsp3) is 0.385. The van der Waals surface area contributed by atoms with Crippen LogP contribution < -0.4 is 10.6 Å². The molecule has 0 saturated carbocycles. The fourth-order valence-corrected chi connectivity index (χ4v) is 1.74. The Morgan fingerprint density at radius 1 is 1.24 bits per heavy atom. The highest BCUT2D eigenvalue weighted by Gasteiger charge is 2.02. The molecule has 1 aromatic carbocycles. The Labute approximate surface area is 101 Å². The van der Waals surface area contributed by atoms with Crippen molar-refractivity contribution in [3.8, 4) is 0 Å². The van der Waals surface area contributed by atoms with Crippen LogP contribution in [0.1, 0.15) is 12.6 Å². The Hall–Kier alpha value is -1.52. The number of nitrogens with one attached hydrogen (secondary N) is 2. The first kappa shape index (κ1) is 12.0. The van der Waals surface area contributed by atoms with Gasteiger partial charge in [0.2, 0.25) is 0 Å². The molecule has 2 rings (SSSR count). The van der Waals surface area contributed by atoms with Gasteiger partial charge < -0.3 is 10.6 Å². The van der Waals surface area contributed by atoms with Gasteiger partial charge in [-0.15, -0.1) is 0 Å². The van der Waals surface area contributed by atoms with Crippen molar-refractivity contribution >= 4 is 11.0 Å². The lowest BCUT2D eigenvalue weighted by molar-refractivity contribution is 0.519. The highest BCUT2D eigenvalue weighted by molar-refractivity contribution is 5.73. The number of hydrogen-bond acceptors (Lipinski definition) is 4. The number of rotatable bonds is 5. The molecule has 0 aliphatic heterocycles. The average molecular weight is 230 g/mol. The highest BCUT2D eigenvalue weighted by atomic mass is 15.0. The van der Waals surface area contributed by atoms with Gasteiger partial charge in [-0.3, -0.25) is 4.98 Å². The van der Waals surface area contributed by atoms with Gasteiger partial charge in [-0.1, -0.05) is 12.1 Å². The van der Waals surface area contributed by atoms with Gasteiger partial charge in [0.25, 0.3) is 0 Å². The van der Waals surface area contributed by atoms with E-state index < -0.39 is 0 Å². The molecule has 1 heterocycles. The fourth-order valence-electron chi connectivity index (χ4n) is 1.74. The lowest BCUT2D eigenvalue weighted by atomic mass is 10.3. The van der Waals surface area contributed by atoms with E-state index in [0.717, 1.165) is 29.8 Å². The molecule has 17 heavy (non-hydrogen) atoms. The number of nitrogens with zero attached hydrogens (tertiary/aromatic N) is 2. The second-order valence-corrected chi connectivity index (χ2v) is 4.19. The Morgan fingerprint density at radius 2 is 2.00 bits per heavy atom. The zero-order chi connectivity index (χ0) is 12.1. The van der Waals surface area contributed by atoms with Gasteiger partial charge in [0, 0.05) is 19.1 Å². The molecule has 2 N–H and O–H groups in total. The topological polar surface area (TPSA) is 49.8 Å². The van der Waals surface area contributed by atoms with Gasteiger partial charge in [0.1, 0.15) is 0 Å². The predicted octanol–water partition coefficient (Wildman–Crippen LogP) is 1.33. The molecular weight excluding hydrogens is 212 g/mol. The number of hydrogen-bond donors (Lipinski definition) is 2. The molecule has 0 radical (unpaired) electrons. The van der Waals surface area contributed by atoms with Crippen LogP contribution in [0.4, 0.5) is 0 Å². The third kappa shape index (κ3) is 3.22. The van der Waals surface area contributed by atoms with E-state index in [1.165, 1.54) is 0 Å². The third-order valence-corrected chi connectivity index (χ3v) is 2.64. The van der Waals surface area contributed by atoms with Crippen molar-refractivity contribution in [1.82, 2.24) is 20.6 Å². The van der Waals surface area contributed by atoms with E-state index in [1.54, 1.807) is 0 Å². The van der Waals surface area contributed by atoms with Crippen LogP contribution in [0.25, 0.3) is 11.0 Å². The van der Waals surface area contributed by atoms with Gasteiger partial charge >= 0.3 is 0 Å². The van der Waals surface area contributed by atoms with E-state index in [4.69, 9.17) is 0 Å². The minimum absolute atomic E-state index is 0.424. The summed E-state index contributed by atoms with van der Waals surface area (Å²) in [5, 5.41) is 6.53. The van der Waals surface area contributed by atoms with Crippen LogP contribution in [0.3, 0.4) is 0 Å². The zero-order valence-corrected chi connectivity index (χ0v) is 10.3. The molecule has 0 bridgehead atoms. The van der Waals surface area contributed by atoms with Gasteiger partial charge in [0.05, 0.1) is 22.9 Å². The smallest absolute Gasteiger partial charge is 0.0890 e. The van der Waals surface area contributed by atoms with Gasteiger partial charge in [-0.2, -0.15) is 0 Å². The number of fused-ring (bicyclic) bond motifs is 1. The Bertz CT molecular complexity index is 484. The molecule has 1 unspecified atom stereocenters. The SMILES string of the molecule is CNCC(C)NCc1cnc2ccccc2n1. The van der Waals surface area contributed by atoms with Crippen LogP contribution in [-0.4, -0.2) is 29.6 Å². The highest BCUT2D eigenvalue weighted by Crippen LogP contribution is 2.08. The monoisotopic (exact) mass is 230 g/mol. The first-order chi connectivity index (χ1) is 8.29. The van der Waals surface area contributed by atoms with Gasteiger partial charge in [0.15, 0.2) is 0 Å². The molecule has 4 nitrogen and oxygen atoms in total. The number of likely N-dealkylation sites (N-methyl/N-ethyl adjacent to an activating group) is 1.